The third-order valence-corrected chi connectivity index (χ3v) is 4.55. The van der Waals surface area contributed by atoms with Crippen LogP contribution < -0.4 is 10.9 Å². The molecule has 6 nitrogen and oxygen atoms in total. The molecular weight excluding hydrogens is 371 g/mol. The van der Waals surface area contributed by atoms with Crippen molar-refractivity contribution < 1.29 is 9.18 Å². The highest BCUT2D eigenvalue weighted by atomic mass is 19.1. The van der Waals surface area contributed by atoms with Crippen LogP contribution in [-0.4, -0.2) is 20.4 Å². The Hall–Kier alpha value is -3.87. The van der Waals surface area contributed by atoms with E-state index in [0.29, 0.717) is 28.1 Å². The molecule has 0 saturated carbocycles. The molecule has 7 heteroatoms. The molecule has 1 N–H and O–H groups in total. The van der Waals surface area contributed by atoms with Crippen molar-refractivity contribution in [2.75, 3.05) is 5.32 Å². The topological polar surface area (TPSA) is 76.9 Å². The van der Waals surface area contributed by atoms with Crippen LogP contribution in [0.25, 0.3) is 16.7 Å². The fraction of sp³-hybridized carbons (Fsp3) is 0.0909. The van der Waals surface area contributed by atoms with Crippen molar-refractivity contribution in [2.24, 2.45) is 0 Å². The molecule has 2 heterocycles. The second-order valence-corrected chi connectivity index (χ2v) is 6.66. The summed E-state index contributed by atoms with van der Waals surface area (Å²) < 4.78 is 15.7. The summed E-state index contributed by atoms with van der Waals surface area (Å²) in [7, 11) is 0. The maximum atomic E-state index is 14.4. The van der Waals surface area contributed by atoms with E-state index < -0.39 is 11.7 Å². The van der Waals surface area contributed by atoms with Gasteiger partial charge < -0.3 is 5.32 Å². The van der Waals surface area contributed by atoms with Crippen LogP contribution in [-0.2, 0) is 0 Å². The van der Waals surface area contributed by atoms with Gasteiger partial charge in [0.15, 0.2) is 5.65 Å². The fourth-order valence-electron chi connectivity index (χ4n) is 3.16. The lowest BCUT2D eigenvalue weighted by Crippen LogP contribution is -2.23. The van der Waals surface area contributed by atoms with Gasteiger partial charge in [-0.3, -0.25) is 14.2 Å². The number of rotatable bonds is 3. The Morgan fingerprint density at radius 2 is 1.90 bits per heavy atom. The molecule has 0 spiro atoms. The van der Waals surface area contributed by atoms with Gasteiger partial charge in [-0.1, -0.05) is 17.7 Å². The van der Waals surface area contributed by atoms with Crippen molar-refractivity contribution in [3.05, 3.63) is 93.9 Å². The molecule has 0 unspecified atom stereocenters. The average Bonchev–Trinajstić information content (AvgIpc) is 2.70. The molecule has 0 fully saturated rings. The first-order valence-corrected chi connectivity index (χ1v) is 8.96. The minimum atomic E-state index is -0.601. The van der Waals surface area contributed by atoms with Crippen molar-refractivity contribution in [2.45, 2.75) is 13.8 Å². The van der Waals surface area contributed by atoms with Crippen LogP contribution in [0.15, 0.2) is 65.6 Å². The van der Waals surface area contributed by atoms with E-state index in [0.717, 1.165) is 5.56 Å². The zero-order valence-corrected chi connectivity index (χ0v) is 15.8. The first kappa shape index (κ1) is 18.5. The van der Waals surface area contributed by atoms with Gasteiger partial charge in [0, 0.05) is 11.8 Å². The van der Waals surface area contributed by atoms with E-state index in [-0.39, 0.29) is 11.2 Å². The van der Waals surface area contributed by atoms with Gasteiger partial charge in [-0.15, -0.1) is 0 Å². The van der Waals surface area contributed by atoms with Crippen molar-refractivity contribution >= 4 is 22.6 Å². The highest BCUT2D eigenvalue weighted by Crippen LogP contribution is 2.21. The zero-order chi connectivity index (χ0) is 20.5. The average molecular weight is 388 g/mol. The van der Waals surface area contributed by atoms with Crippen LogP contribution in [0, 0.1) is 19.7 Å². The van der Waals surface area contributed by atoms with Crippen LogP contribution in [0.2, 0.25) is 0 Å². The molecule has 0 aliphatic rings. The fourth-order valence-corrected chi connectivity index (χ4v) is 3.16. The normalized spacial score (nSPS) is 10.9. The molecule has 0 radical (unpaired) electrons. The lowest BCUT2D eigenvalue weighted by Gasteiger charge is -2.13. The van der Waals surface area contributed by atoms with E-state index >= 15 is 0 Å². The molecular formula is C22H17FN4O2. The monoisotopic (exact) mass is 388 g/mol. The highest BCUT2D eigenvalue weighted by molar-refractivity contribution is 6.04. The molecule has 2 aromatic carbocycles. The number of benzene rings is 2. The Balaban J connectivity index is 1.77. The van der Waals surface area contributed by atoms with E-state index in [1.807, 2.05) is 13.0 Å². The number of hydrogen-bond donors (Lipinski definition) is 1. The van der Waals surface area contributed by atoms with Crippen molar-refractivity contribution in [1.82, 2.24) is 14.5 Å². The third kappa shape index (κ3) is 3.50. The molecule has 0 bridgehead atoms. The molecule has 0 atom stereocenters. The molecule has 4 aromatic rings. The first-order chi connectivity index (χ1) is 13.9. The molecule has 0 saturated heterocycles. The number of carbonyl (C=O) groups is 1. The van der Waals surface area contributed by atoms with Gasteiger partial charge in [-0.25, -0.2) is 14.4 Å². The number of nitrogens with zero attached hydrogens (tertiary/aromatic N) is 3. The summed E-state index contributed by atoms with van der Waals surface area (Å²) in [5.74, 6) is -0.630. The van der Waals surface area contributed by atoms with E-state index in [2.05, 4.69) is 15.3 Å². The lowest BCUT2D eigenvalue weighted by atomic mass is 10.1. The largest absolute Gasteiger partial charge is 0.319 e. The van der Waals surface area contributed by atoms with Gasteiger partial charge in [0.1, 0.15) is 11.6 Å². The van der Waals surface area contributed by atoms with Crippen molar-refractivity contribution in [3.8, 4) is 5.69 Å². The quantitative estimate of drug-likeness (QED) is 0.579. The Kier molecular flexibility index (Phi) is 4.64. The Bertz CT molecular complexity index is 1310. The number of hydrogen-bond acceptors (Lipinski definition) is 4. The van der Waals surface area contributed by atoms with Crippen LogP contribution in [0.5, 0.6) is 0 Å². The van der Waals surface area contributed by atoms with E-state index in [1.54, 1.807) is 43.5 Å². The predicted molar refractivity (Wildman–Crippen MR) is 109 cm³/mol. The SMILES string of the molecule is Cc1cccc(C(=O)Nc2cc(-n3c(C)nc4ncccc4c3=O)ccc2F)c1. The zero-order valence-electron chi connectivity index (χ0n) is 15.8. The van der Waals surface area contributed by atoms with E-state index in [1.165, 1.54) is 22.8 Å². The van der Waals surface area contributed by atoms with Gasteiger partial charge in [0.25, 0.3) is 11.5 Å². The summed E-state index contributed by atoms with van der Waals surface area (Å²) in [4.78, 5) is 33.9. The molecule has 1 amide bonds. The maximum absolute atomic E-state index is 14.4. The number of anilines is 1. The molecule has 0 aliphatic heterocycles. The van der Waals surface area contributed by atoms with Gasteiger partial charge in [0.2, 0.25) is 0 Å². The van der Waals surface area contributed by atoms with Crippen molar-refractivity contribution in [3.63, 3.8) is 0 Å². The van der Waals surface area contributed by atoms with Crippen LogP contribution >= 0.6 is 0 Å². The van der Waals surface area contributed by atoms with Gasteiger partial charge >= 0.3 is 0 Å². The first-order valence-electron chi connectivity index (χ1n) is 8.96. The molecule has 2 aromatic heterocycles. The number of aromatic nitrogens is 3. The number of fused-ring (bicyclic) bond motifs is 1. The summed E-state index contributed by atoms with van der Waals surface area (Å²) in [6.07, 6.45) is 1.56. The smallest absolute Gasteiger partial charge is 0.267 e. The second-order valence-electron chi connectivity index (χ2n) is 6.66. The van der Waals surface area contributed by atoms with E-state index in [4.69, 9.17) is 0 Å². The van der Waals surface area contributed by atoms with Gasteiger partial charge in [-0.2, -0.15) is 0 Å². The molecule has 0 aliphatic carbocycles. The minimum absolute atomic E-state index is 0.0217. The maximum Gasteiger partial charge on any atom is 0.267 e. The second kappa shape index (κ2) is 7.27. The predicted octanol–water partition coefficient (Wildman–Crippen LogP) is 3.79. The van der Waals surface area contributed by atoms with Crippen LogP contribution in [0.4, 0.5) is 10.1 Å². The Morgan fingerprint density at radius 1 is 1.07 bits per heavy atom. The van der Waals surface area contributed by atoms with Crippen LogP contribution in [0.3, 0.4) is 0 Å². The number of halogens is 1. The highest BCUT2D eigenvalue weighted by Gasteiger charge is 2.14. The summed E-state index contributed by atoms with van der Waals surface area (Å²) in [6.45, 7) is 3.54. The van der Waals surface area contributed by atoms with Crippen LogP contribution in [0.1, 0.15) is 21.7 Å². The summed E-state index contributed by atoms with van der Waals surface area (Å²) >= 11 is 0. The molecule has 4 rings (SSSR count). The summed E-state index contributed by atoms with van der Waals surface area (Å²) in [5, 5.41) is 2.93. The number of carbonyl (C=O) groups excluding carboxylic acids is 1. The summed E-state index contributed by atoms with van der Waals surface area (Å²) in [5.41, 5.74) is 1.74. The Morgan fingerprint density at radius 3 is 2.69 bits per heavy atom. The van der Waals surface area contributed by atoms with E-state index in [9.17, 15) is 14.0 Å². The minimum Gasteiger partial charge on any atom is -0.319 e. The lowest BCUT2D eigenvalue weighted by molar-refractivity contribution is 0.102. The van der Waals surface area contributed by atoms with Gasteiger partial charge in [-0.05, 0) is 56.3 Å². The molecule has 144 valence electrons. The number of pyridine rings is 1. The number of nitrogens with one attached hydrogen (secondary N) is 1. The third-order valence-electron chi connectivity index (χ3n) is 4.55. The number of aryl methyl sites for hydroxylation is 2. The summed E-state index contributed by atoms with van der Waals surface area (Å²) in [6, 6.07) is 14.4. The van der Waals surface area contributed by atoms with Gasteiger partial charge in [0.05, 0.1) is 16.8 Å². The van der Waals surface area contributed by atoms with Crippen molar-refractivity contribution in [1.29, 1.82) is 0 Å². The molecule has 29 heavy (non-hydrogen) atoms. The number of amides is 1. The standard InChI is InChI=1S/C22H17FN4O2/c1-13-5-3-6-15(11-13)21(28)26-19-12-16(8-9-18(19)23)27-14(2)25-20-17(22(27)29)7-4-10-24-20/h3-12H,1-2H3,(H,26,28). The Labute approximate surface area is 165 Å².